The molecule has 3 aromatic rings. The molecular weight excluding hydrogens is 348 g/mol. The van der Waals surface area contributed by atoms with E-state index in [1.165, 1.54) is 7.11 Å². The third-order valence-electron chi connectivity index (χ3n) is 3.84. The standard InChI is InChI=1S/C19H16N4O2S/c1-25-18-7-4-14(11-15(18)12-20)17-8-9-22-19(23-17)10-13-2-5-16(6-3-13)26(21)24/h2-9,11H,10,21H2,1H3. The number of nitrogens with zero attached hydrogens (tertiary/aromatic N) is 3. The molecule has 3 rings (SSSR count). The van der Waals surface area contributed by atoms with E-state index in [1.54, 1.807) is 36.5 Å². The number of nitrogens with two attached hydrogens (primary N) is 1. The Labute approximate surface area is 153 Å². The largest absolute Gasteiger partial charge is 0.495 e. The molecule has 6 nitrogen and oxygen atoms in total. The van der Waals surface area contributed by atoms with Gasteiger partial charge in [-0.15, -0.1) is 0 Å². The Morgan fingerprint density at radius 1 is 1.19 bits per heavy atom. The summed E-state index contributed by atoms with van der Waals surface area (Å²) in [5.41, 5.74) is 2.99. The first kappa shape index (κ1) is 17.7. The third kappa shape index (κ3) is 3.94. The summed E-state index contributed by atoms with van der Waals surface area (Å²) in [5, 5.41) is 14.6. The fraction of sp³-hybridized carbons (Fsp3) is 0.105. The first-order chi connectivity index (χ1) is 12.6. The summed E-state index contributed by atoms with van der Waals surface area (Å²) in [4.78, 5) is 9.46. The summed E-state index contributed by atoms with van der Waals surface area (Å²) in [7, 11) is 0.0456. The molecule has 26 heavy (non-hydrogen) atoms. The predicted molar refractivity (Wildman–Crippen MR) is 98.6 cm³/mol. The van der Waals surface area contributed by atoms with Crippen LogP contribution in [0.15, 0.2) is 59.6 Å². The molecular formula is C19H16N4O2S. The lowest BCUT2D eigenvalue weighted by atomic mass is 10.1. The summed E-state index contributed by atoms with van der Waals surface area (Å²) < 4.78 is 16.4. The van der Waals surface area contributed by atoms with Crippen molar-refractivity contribution in [2.75, 3.05) is 7.11 Å². The van der Waals surface area contributed by atoms with Crippen molar-refractivity contribution >= 4 is 11.0 Å². The SMILES string of the molecule is COc1ccc(-c2ccnc(Cc3ccc(S(N)=O)cc3)n2)cc1C#N. The first-order valence-electron chi connectivity index (χ1n) is 7.76. The molecule has 1 unspecified atom stereocenters. The Kier molecular flexibility index (Phi) is 5.37. The van der Waals surface area contributed by atoms with Gasteiger partial charge in [0.2, 0.25) is 0 Å². The van der Waals surface area contributed by atoms with Crippen molar-refractivity contribution in [3.8, 4) is 23.1 Å². The number of aromatic nitrogens is 2. The van der Waals surface area contributed by atoms with Crippen LogP contribution in [-0.2, 0) is 17.4 Å². The second kappa shape index (κ2) is 7.87. The average Bonchev–Trinajstić information content (AvgIpc) is 2.68. The van der Waals surface area contributed by atoms with Crippen LogP contribution >= 0.6 is 0 Å². The fourth-order valence-corrected chi connectivity index (χ4v) is 2.93. The molecule has 7 heteroatoms. The van der Waals surface area contributed by atoms with Gasteiger partial charge in [0.1, 0.15) is 28.6 Å². The molecule has 1 heterocycles. The zero-order chi connectivity index (χ0) is 18.5. The highest BCUT2D eigenvalue weighted by Gasteiger charge is 2.08. The Bertz CT molecular complexity index is 997. The Hall–Kier alpha value is -3.08. The summed E-state index contributed by atoms with van der Waals surface area (Å²) in [5.74, 6) is 1.18. The number of ether oxygens (including phenoxy) is 1. The number of rotatable bonds is 5. The van der Waals surface area contributed by atoms with Crippen molar-refractivity contribution < 1.29 is 8.95 Å². The van der Waals surface area contributed by atoms with Gasteiger partial charge in [-0.05, 0) is 42.0 Å². The molecule has 0 fully saturated rings. The summed E-state index contributed by atoms with van der Waals surface area (Å²) in [6.45, 7) is 0. The minimum Gasteiger partial charge on any atom is -0.495 e. The van der Waals surface area contributed by atoms with Gasteiger partial charge in [0.15, 0.2) is 0 Å². The molecule has 0 radical (unpaired) electrons. The lowest BCUT2D eigenvalue weighted by Crippen LogP contribution is -2.03. The molecule has 0 aliphatic rings. The van der Waals surface area contributed by atoms with Gasteiger partial charge in [0, 0.05) is 18.2 Å². The van der Waals surface area contributed by atoms with E-state index in [2.05, 4.69) is 16.0 Å². The topological polar surface area (TPSA) is 102 Å². The lowest BCUT2D eigenvalue weighted by molar-refractivity contribution is 0.413. The highest BCUT2D eigenvalue weighted by molar-refractivity contribution is 7.82. The fourth-order valence-electron chi connectivity index (χ4n) is 2.52. The summed E-state index contributed by atoms with van der Waals surface area (Å²) >= 11 is 0. The molecule has 0 bridgehead atoms. The van der Waals surface area contributed by atoms with E-state index in [0.717, 1.165) is 16.8 Å². The van der Waals surface area contributed by atoms with E-state index in [0.29, 0.717) is 28.5 Å². The number of hydrogen-bond acceptors (Lipinski definition) is 5. The quantitative estimate of drug-likeness (QED) is 0.750. The highest BCUT2D eigenvalue weighted by Crippen LogP contribution is 2.25. The van der Waals surface area contributed by atoms with Gasteiger partial charge in [0.05, 0.1) is 23.3 Å². The van der Waals surface area contributed by atoms with E-state index in [9.17, 15) is 9.47 Å². The third-order valence-corrected chi connectivity index (χ3v) is 4.58. The number of hydrogen-bond donors (Lipinski definition) is 1. The van der Waals surface area contributed by atoms with Crippen molar-refractivity contribution in [2.45, 2.75) is 11.3 Å². The van der Waals surface area contributed by atoms with Crippen molar-refractivity contribution in [3.63, 3.8) is 0 Å². The van der Waals surface area contributed by atoms with Crippen LogP contribution in [0.4, 0.5) is 0 Å². The van der Waals surface area contributed by atoms with Crippen LogP contribution in [0.5, 0.6) is 5.75 Å². The zero-order valence-corrected chi connectivity index (χ0v) is 14.9. The van der Waals surface area contributed by atoms with E-state index < -0.39 is 11.0 Å². The van der Waals surface area contributed by atoms with Gasteiger partial charge in [-0.3, -0.25) is 0 Å². The minimum atomic E-state index is -1.49. The second-order valence-electron chi connectivity index (χ2n) is 5.50. The molecule has 2 aromatic carbocycles. The Morgan fingerprint density at radius 2 is 1.96 bits per heavy atom. The van der Waals surface area contributed by atoms with Gasteiger partial charge in [-0.1, -0.05) is 12.1 Å². The molecule has 2 N–H and O–H groups in total. The number of nitriles is 1. The normalized spacial score (nSPS) is 11.6. The van der Waals surface area contributed by atoms with E-state index in [4.69, 9.17) is 9.88 Å². The Balaban J connectivity index is 1.86. The van der Waals surface area contributed by atoms with E-state index in [-0.39, 0.29) is 0 Å². The Morgan fingerprint density at radius 3 is 2.62 bits per heavy atom. The van der Waals surface area contributed by atoms with Crippen LogP contribution in [0.3, 0.4) is 0 Å². The van der Waals surface area contributed by atoms with Crippen molar-refractivity contribution in [3.05, 3.63) is 71.7 Å². The lowest BCUT2D eigenvalue weighted by Gasteiger charge is -2.07. The monoisotopic (exact) mass is 364 g/mol. The number of benzene rings is 2. The van der Waals surface area contributed by atoms with E-state index in [1.807, 2.05) is 18.2 Å². The van der Waals surface area contributed by atoms with Crippen molar-refractivity contribution in [1.82, 2.24) is 9.97 Å². The van der Waals surface area contributed by atoms with Crippen LogP contribution in [0, 0.1) is 11.3 Å². The van der Waals surface area contributed by atoms with Gasteiger partial charge in [-0.2, -0.15) is 5.26 Å². The minimum absolute atomic E-state index is 0.454. The van der Waals surface area contributed by atoms with Gasteiger partial charge in [0.25, 0.3) is 0 Å². The zero-order valence-electron chi connectivity index (χ0n) is 14.0. The van der Waals surface area contributed by atoms with Gasteiger partial charge in [-0.25, -0.2) is 19.3 Å². The van der Waals surface area contributed by atoms with Crippen molar-refractivity contribution in [2.24, 2.45) is 5.14 Å². The number of methoxy groups -OCH3 is 1. The van der Waals surface area contributed by atoms with Gasteiger partial charge >= 0.3 is 0 Å². The summed E-state index contributed by atoms with van der Waals surface area (Å²) in [6.07, 6.45) is 2.23. The predicted octanol–water partition coefficient (Wildman–Crippen LogP) is 2.60. The maximum Gasteiger partial charge on any atom is 0.136 e. The summed E-state index contributed by atoms with van der Waals surface area (Å²) in [6, 6.07) is 16.5. The molecule has 130 valence electrons. The van der Waals surface area contributed by atoms with Gasteiger partial charge < -0.3 is 4.74 Å². The van der Waals surface area contributed by atoms with Crippen molar-refractivity contribution in [1.29, 1.82) is 5.26 Å². The molecule has 0 saturated carbocycles. The van der Waals surface area contributed by atoms with Crippen LogP contribution in [0.25, 0.3) is 11.3 Å². The maximum absolute atomic E-state index is 11.2. The van der Waals surface area contributed by atoms with E-state index >= 15 is 0 Å². The van der Waals surface area contributed by atoms with Crippen LogP contribution < -0.4 is 9.88 Å². The van der Waals surface area contributed by atoms with Crippen LogP contribution in [0.2, 0.25) is 0 Å². The molecule has 1 aromatic heterocycles. The highest BCUT2D eigenvalue weighted by atomic mass is 32.2. The average molecular weight is 364 g/mol. The first-order valence-corrected chi connectivity index (χ1v) is 8.97. The van der Waals surface area contributed by atoms with Crippen LogP contribution in [0.1, 0.15) is 17.0 Å². The molecule has 0 saturated heterocycles. The molecule has 0 amide bonds. The smallest absolute Gasteiger partial charge is 0.136 e. The van der Waals surface area contributed by atoms with Crippen LogP contribution in [-0.4, -0.2) is 21.3 Å². The molecule has 0 spiro atoms. The maximum atomic E-state index is 11.2. The molecule has 0 aliphatic carbocycles. The second-order valence-corrected chi connectivity index (χ2v) is 6.57. The molecule has 0 aliphatic heterocycles. The molecule has 1 atom stereocenters.